The number of carbonyl (C=O) groups excluding carboxylic acids is 4. The maximum absolute atomic E-state index is 11.6. The first-order chi connectivity index (χ1) is 21.1. The molecule has 44 heavy (non-hydrogen) atoms. The summed E-state index contributed by atoms with van der Waals surface area (Å²) in [6, 6.07) is 0. The van der Waals surface area contributed by atoms with Crippen LogP contribution in [0.3, 0.4) is 0 Å². The Morgan fingerprint density at radius 3 is 1.36 bits per heavy atom. The van der Waals surface area contributed by atoms with Crippen molar-refractivity contribution in [3.8, 4) is 0 Å². The van der Waals surface area contributed by atoms with Crippen molar-refractivity contribution in [3.05, 3.63) is 0 Å². The molecule has 0 N–H and O–H groups in total. The van der Waals surface area contributed by atoms with Crippen molar-refractivity contribution in [1.82, 2.24) is 0 Å². The van der Waals surface area contributed by atoms with Gasteiger partial charge in [-0.15, -0.1) is 0 Å². The lowest BCUT2D eigenvalue weighted by molar-refractivity contribution is -0.340. The summed E-state index contributed by atoms with van der Waals surface area (Å²) in [4.78, 5) is 63.8. The fourth-order valence-corrected chi connectivity index (χ4v) is 4.81. The summed E-state index contributed by atoms with van der Waals surface area (Å²) in [6.07, 6.45) is 18.6. The van der Waals surface area contributed by atoms with Crippen LogP contribution in [0.25, 0.3) is 0 Å². The Morgan fingerprint density at radius 1 is 0.477 bits per heavy atom. The molecular weight excluding hydrogens is 572 g/mol. The van der Waals surface area contributed by atoms with E-state index in [4.69, 9.17) is 24.0 Å². The molecular formula is C33H60O11. The minimum absolute atomic E-state index is 0.00940. The van der Waals surface area contributed by atoms with E-state index in [1.165, 1.54) is 91.9 Å². The Bertz CT molecular complexity index is 743. The number of ether oxygens (including phenoxy) is 3. The van der Waals surface area contributed by atoms with Crippen molar-refractivity contribution in [1.29, 1.82) is 0 Å². The molecule has 0 bridgehead atoms. The van der Waals surface area contributed by atoms with Gasteiger partial charge in [-0.25, -0.2) is 9.59 Å². The molecule has 11 nitrogen and oxygen atoms in total. The molecule has 0 heterocycles. The minimum atomic E-state index is -0.825. The van der Waals surface area contributed by atoms with Gasteiger partial charge in [-0.3, -0.25) is 19.4 Å². The Hall–Kier alpha value is -2.24. The number of hydrogen-bond donors (Lipinski definition) is 0. The van der Waals surface area contributed by atoms with Crippen LogP contribution in [-0.4, -0.2) is 62.0 Å². The first-order valence-electron chi connectivity index (χ1n) is 16.7. The summed E-state index contributed by atoms with van der Waals surface area (Å²) in [5, 5.41) is 0. The summed E-state index contributed by atoms with van der Waals surface area (Å²) in [7, 11) is 0. The maximum atomic E-state index is 11.6. The zero-order chi connectivity index (χ0) is 32.8. The van der Waals surface area contributed by atoms with Gasteiger partial charge >= 0.3 is 23.9 Å². The second-order valence-corrected chi connectivity index (χ2v) is 11.4. The third kappa shape index (κ3) is 29.8. The molecule has 0 rings (SSSR count). The topological polar surface area (TPSA) is 133 Å². The van der Waals surface area contributed by atoms with Crippen LogP contribution in [0.2, 0.25) is 0 Å². The SMILES string of the molecule is CCCCCCCCCCCCCCC(CCCCC(CCOCC(COOC(C)=O)OOC(C)=O)OC(C)=O)OC(C)=O. The van der Waals surface area contributed by atoms with Crippen LogP contribution < -0.4 is 0 Å². The first-order valence-corrected chi connectivity index (χ1v) is 16.7. The molecule has 0 saturated heterocycles. The van der Waals surface area contributed by atoms with Crippen molar-refractivity contribution < 1.29 is 52.9 Å². The standard InChI is InChI=1S/C33H60O11/c1-6-7-8-9-10-11-12-13-14-15-16-17-20-31(40-27(2)34)21-18-19-22-32(41-28(3)35)23-24-38-25-33(44-43-30(5)37)26-39-42-29(4)36/h31-33H,6-26H2,1-5H3. The zero-order valence-corrected chi connectivity index (χ0v) is 28.1. The molecule has 0 radical (unpaired) electrons. The van der Waals surface area contributed by atoms with E-state index in [1.54, 1.807) is 0 Å². The van der Waals surface area contributed by atoms with Crippen LogP contribution in [0.5, 0.6) is 0 Å². The summed E-state index contributed by atoms with van der Waals surface area (Å²) in [5.74, 6) is -1.91. The van der Waals surface area contributed by atoms with Crippen LogP contribution in [0.15, 0.2) is 0 Å². The van der Waals surface area contributed by atoms with Gasteiger partial charge < -0.3 is 14.2 Å². The molecule has 0 amide bonds. The van der Waals surface area contributed by atoms with E-state index < -0.39 is 18.0 Å². The summed E-state index contributed by atoms with van der Waals surface area (Å²) in [6.45, 7) is 7.48. The average molecular weight is 633 g/mol. The first kappa shape index (κ1) is 41.8. The van der Waals surface area contributed by atoms with Crippen molar-refractivity contribution in [2.75, 3.05) is 19.8 Å². The second kappa shape index (κ2) is 29.5. The number of rotatable bonds is 30. The lowest BCUT2D eigenvalue weighted by Gasteiger charge is -2.20. The molecule has 0 aliphatic heterocycles. The van der Waals surface area contributed by atoms with Gasteiger partial charge in [-0.1, -0.05) is 77.6 Å². The predicted octanol–water partition coefficient (Wildman–Crippen LogP) is 7.27. The predicted molar refractivity (Wildman–Crippen MR) is 165 cm³/mol. The van der Waals surface area contributed by atoms with Crippen LogP contribution in [-0.2, 0) is 52.9 Å². The highest BCUT2D eigenvalue weighted by atomic mass is 17.2. The third-order valence-corrected chi connectivity index (χ3v) is 6.97. The van der Waals surface area contributed by atoms with E-state index in [1.807, 2.05) is 0 Å². The van der Waals surface area contributed by atoms with Gasteiger partial charge in [-0.2, -0.15) is 9.78 Å². The van der Waals surface area contributed by atoms with Gasteiger partial charge in [0.1, 0.15) is 18.8 Å². The number of carbonyl (C=O) groups is 4. The summed E-state index contributed by atoms with van der Waals surface area (Å²) in [5.41, 5.74) is 0. The molecule has 0 saturated carbocycles. The summed E-state index contributed by atoms with van der Waals surface area (Å²) < 4.78 is 16.6. The van der Waals surface area contributed by atoms with Crippen LogP contribution in [0.4, 0.5) is 0 Å². The number of esters is 2. The van der Waals surface area contributed by atoms with E-state index in [2.05, 4.69) is 16.7 Å². The van der Waals surface area contributed by atoms with Gasteiger partial charge in [0.15, 0.2) is 6.10 Å². The van der Waals surface area contributed by atoms with Gasteiger partial charge in [0.2, 0.25) is 0 Å². The smallest absolute Gasteiger partial charge is 0.339 e. The zero-order valence-electron chi connectivity index (χ0n) is 28.1. The Balaban J connectivity index is 4.31. The van der Waals surface area contributed by atoms with Gasteiger partial charge in [0.25, 0.3) is 0 Å². The van der Waals surface area contributed by atoms with Gasteiger partial charge in [0.05, 0.1) is 13.2 Å². The molecule has 258 valence electrons. The lowest BCUT2D eigenvalue weighted by atomic mass is 10.0. The van der Waals surface area contributed by atoms with Crippen LogP contribution in [0.1, 0.15) is 150 Å². The van der Waals surface area contributed by atoms with E-state index in [0.717, 1.165) is 38.5 Å². The van der Waals surface area contributed by atoms with Crippen molar-refractivity contribution in [2.24, 2.45) is 0 Å². The molecule has 0 aliphatic carbocycles. The van der Waals surface area contributed by atoms with Crippen molar-refractivity contribution in [2.45, 2.75) is 169 Å². The molecule has 3 atom stereocenters. The van der Waals surface area contributed by atoms with Gasteiger partial charge in [0, 0.05) is 34.1 Å². The fraction of sp³-hybridized carbons (Fsp3) is 0.879. The van der Waals surface area contributed by atoms with E-state index in [-0.39, 0.29) is 44.0 Å². The molecule has 0 aliphatic rings. The molecule has 11 heteroatoms. The van der Waals surface area contributed by atoms with Crippen LogP contribution >= 0.6 is 0 Å². The molecule has 0 spiro atoms. The second-order valence-electron chi connectivity index (χ2n) is 11.4. The molecule has 0 aromatic rings. The number of unbranched alkanes of at least 4 members (excludes halogenated alkanes) is 12. The largest absolute Gasteiger partial charge is 0.463 e. The van der Waals surface area contributed by atoms with E-state index in [9.17, 15) is 19.2 Å². The van der Waals surface area contributed by atoms with E-state index >= 15 is 0 Å². The fourth-order valence-electron chi connectivity index (χ4n) is 4.81. The Kier molecular flexibility index (Phi) is 28.0. The summed E-state index contributed by atoms with van der Waals surface area (Å²) >= 11 is 0. The molecule has 0 aromatic carbocycles. The maximum Gasteiger partial charge on any atom is 0.339 e. The van der Waals surface area contributed by atoms with Gasteiger partial charge in [-0.05, 0) is 38.5 Å². The molecule has 0 fully saturated rings. The Labute approximate surface area is 265 Å². The van der Waals surface area contributed by atoms with Crippen molar-refractivity contribution in [3.63, 3.8) is 0 Å². The van der Waals surface area contributed by atoms with Crippen LogP contribution in [0, 0.1) is 0 Å². The monoisotopic (exact) mass is 632 g/mol. The highest BCUT2D eigenvalue weighted by Crippen LogP contribution is 2.18. The highest BCUT2D eigenvalue weighted by Gasteiger charge is 2.18. The number of hydrogen-bond acceptors (Lipinski definition) is 11. The third-order valence-electron chi connectivity index (χ3n) is 6.97. The molecule has 0 aromatic heterocycles. The molecule has 3 unspecified atom stereocenters. The Morgan fingerprint density at radius 2 is 0.909 bits per heavy atom. The van der Waals surface area contributed by atoms with E-state index in [0.29, 0.717) is 12.8 Å². The van der Waals surface area contributed by atoms with Crippen molar-refractivity contribution >= 4 is 23.9 Å². The quantitative estimate of drug-likeness (QED) is 0.0343. The minimum Gasteiger partial charge on any atom is -0.463 e. The lowest BCUT2D eigenvalue weighted by Crippen LogP contribution is -2.28. The highest BCUT2D eigenvalue weighted by molar-refractivity contribution is 5.66. The average Bonchev–Trinajstić information content (AvgIpc) is 2.95. The normalized spacial score (nSPS) is 13.1.